The van der Waals surface area contributed by atoms with E-state index in [0.717, 1.165) is 28.8 Å². The van der Waals surface area contributed by atoms with Crippen LogP contribution in [0.15, 0.2) is 36.5 Å². The Morgan fingerprint density at radius 3 is 3.00 bits per heavy atom. The molecule has 1 heterocycles. The molecule has 106 valence electrons. The molecule has 0 unspecified atom stereocenters. The third kappa shape index (κ3) is 3.95. The highest BCUT2D eigenvalue weighted by Crippen LogP contribution is 2.16. The van der Waals surface area contributed by atoms with Crippen molar-refractivity contribution in [3.05, 3.63) is 42.1 Å². The maximum absolute atomic E-state index is 12.2. The van der Waals surface area contributed by atoms with Gasteiger partial charge >= 0.3 is 0 Å². The van der Waals surface area contributed by atoms with Gasteiger partial charge in [-0.3, -0.25) is 9.78 Å². The second-order valence-electron chi connectivity index (χ2n) is 4.32. The monoisotopic (exact) mass is 290 g/mol. The highest BCUT2D eigenvalue weighted by molar-refractivity contribution is 7.99. The summed E-state index contributed by atoms with van der Waals surface area (Å²) in [6.45, 7) is 0.855. The summed E-state index contributed by atoms with van der Waals surface area (Å²) >= 11 is 1.73. The summed E-state index contributed by atoms with van der Waals surface area (Å²) in [5.41, 5.74) is 1.49. The molecular formula is C15H18N2O2S. The predicted octanol–water partition coefficient (Wildman–Crippen LogP) is 2.08. The zero-order valence-corrected chi connectivity index (χ0v) is 12.0. The fourth-order valence-electron chi connectivity index (χ4n) is 1.90. The molecule has 4 nitrogen and oxygen atoms in total. The third-order valence-corrected chi connectivity index (χ3v) is 3.94. The molecule has 1 amide bonds. The molecular weight excluding hydrogens is 272 g/mol. The Morgan fingerprint density at radius 2 is 2.15 bits per heavy atom. The lowest BCUT2D eigenvalue weighted by atomic mass is 10.1. The minimum absolute atomic E-state index is 0.0636. The zero-order chi connectivity index (χ0) is 14.2. The predicted molar refractivity (Wildman–Crippen MR) is 83.1 cm³/mol. The van der Waals surface area contributed by atoms with Crippen LogP contribution < -0.4 is 5.32 Å². The number of amides is 1. The van der Waals surface area contributed by atoms with Crippen molar-refractivity contribution in [2.45, 2.75) is 6.42 Å². The maximum Gasteiger partial charge on any atom is 0.251 e. The van der Waals surface area contributed by atoms with Crippen molar-refractivity contribution in [3.8, 4) is 0 Å². The number of aliphatic hydroxyl groups is 1. The molecule has 0 saturated carbocycles. The fraction of sp³-hybridized carbons (Fsp3) is 0.333. The van der Waals surface area contributed by atoms with Crippen molar-refractivity contribution >= 4 is 28.6 Å². The van der Waals surface area contributed by atoms with Gasteiger partial charge in [0.2, 0.25) is 0 Å². The average Bonchev–Trinajstić information content (AvgIpc) is 2.50. The summed E-state index contributed by atoms with van der Waals surface area (Å²) in [4.78, 5) is 16.4. The molecule has 0 aliphatic carbocycles. The van der Waals surface area contributed by atoms with Gasteiger partial charge in [-0.1, -0.05) is 12.1 Å². The number of hydrogen-bond acceptors (Lipinski definition) is 4. The molecule has 0 bridgehead atoms. The van der Waals surface area contributed by atoms with Gasteiger partial charge in [-0.25, -0.2) is 0 Å². The summed E-state index contributed by atoms with van der Waals surface area (Å²) in [7, 11) is 0. The Hall–Kier alpha value is -1.59. The van der Waals surface area contributed by atoms with Crippen LogP contribution in [0, 0.1) is 0 Å². The number of carbonyl (C=O) groups excluding carboxylic acids is 1. The molecule has 20 heavy (non-hydrogen) atoms. The summed E-state index contributed by atoms with van der Waals surface area (Å²) < 4.78 is 0. The Kier molecular flexibility index (Phi) is 5.83. The normalized spacial score (nSPS) is 10.7. The van der Waals surface area contributed by atoms with E-state index in [0.29, 0.717) is 12.1 Å². The molecule has 2 N–H and O–H groups in total. The van der Waals surface area contributed by atoms with Crippen LogP contribution in [-0.4, -0.2) is 40.7 Å². The number of nitrogens with one attached hydrogen (secondary N) is 1. The third-order valence-electron chi connectivity index (χ3n) is 2.87. The van der Waals surface area contributed by atoms with Crippen molar-refractivity contribution in [2.75, 3.05) is 24.7 Å². The number of pyridine rings is 1. The van der Waals surface area contributed by atoms with E-state index in [2.05, 4.69) is 10.3 Å². The van der Waals surface area contributed by atoms with Gasteiger partial charge in [-0.2, -0.15) is 11.8 Å². The first-order valence-electron chi connectivity index (χ1n) is 6.63. The summed E-state index contributed by atoms with van der Waals surface area (Å²) in [5, 5.41) is 12.5. The molecule has 2 aromatic rings. The number of fused-ring (bicyclic) bond motifs is 1. The van der Waals surface area contributed by atoms with E-state index in [4.69, 9.17) is 5.11 Å². The highest BCUT2D eigenvalue weighted by atomic mass is 32.2. The largest absolute Gasteiger partial charge is 0.396 e. The molecule has 0 aliphatic rings. The number of rotatable bonds is 7. The first-order valence-corrected chi connectivity index (χ1v) is 7.79. The lowest BCUT2D eigenvalue weighted by molar-refractivity contribution is 0.0958. The number of aliphatic hydroxyl groups excluding tert-OH is 1. The second kappa shape index (κ2) is 7.87. The van der Waals surface area contributed by atoms with Gasteiger partial charge in [0.15, 0.2) is 0 Å². The average molecular weight is 290 g/mol. The maximum atomic E-state index is 12.2. The minimum Gasteiger partial charge on any atom is -0.396 e. The topological polar surface area (TPSA) is 62.2 Å². The van der Waals surface area contributed by atoms with Crippen LogP contribution in [0.2, 0.25) is 0 Å². The van der Waals surface area contributed by atoms with Crippen LogP contribution in [0.4, 0.5) is 0 Å². The highest BCUT2D eigenvalue weighted by Gasteiger charge is 2.09. The van der Waals surface area contributed by atoms with E-state index in [-0.39, 0.29) is 12.5 Å². The van der Waals surface area contributed by atoms with Gasteiger partial charge < -0.3 is 10.4 Å². The smallest absolute Gasteiger partial charge is 0.251 e. The van der Waals surface area contributed by atoms with Crippen LogP contribution in [0.5, 0.6) is 0 Å². The fourth-order valence-corrected chi connectivity index (χ4v) is 2.69. The molecule has 1 aromatic heterocycles. The van der Waals surface area contributed by atoms with E-state index >= 15 is 0 Å². The standard InChI is InChI=1S/C15H18N2O2S/c18-9-3-10-20-11-8-17-15(19)13-4-1-6-14-12(13)5-2-7-16-14/h1-2,4-7,18H,3,8-11H2,(H,17,19). The van der Waals surface area contributed by atoms with Gasteiger partial charge in [0, 0.05) is 36.1 Å². The van der Waals surface area contributed by atoms with Crippen molar-refractivity contribution in [1.29, 1.82) is 0 Å². The lowest BCUT2D eigenvalue weighted by Gasteiger charge is -2.07. The molecule has 1 aromatic carbocycles. The molecule has 0 aliphatic heterocycles. The Balaban J connectivity index is 1.91. The number of benzene rings is 1. The van der Waals surface area contributed by atoms with Gasteiger partial charge in [0.1, 0.15) is 0 Å². The molecule has 2 rings (SSSR count). The van der Waals surface area contributed by atoms with Gasteiger partial charge in [0.05, 0.1) is 5.52 Å². The molecule has 0 atom stereocenters. The summed E-state index contributed by atoms with van der Waals surface area (Å²) in [5.74, 6) is 1.71. The molecule has 0 radical (unpaired) electrons. The lowest BCUT2D eigenvalue weighted by Crippen LogP contribution is -2.26. The van der Waals surface area contributed by atoms with Crippen LogP contribution in [-0.2, 0) is 0 Å². The van der Waals surface area contributed by atoms with E-state index < -0.39 is 0 Å². The molecule has 5 heteroatoms. The van der Waals surface area contributed by atoms with Gasteiger partial charge in [0.25, 0.3) is 5.91 Å². The Morgan fingerprint density at radius 1 is 1.25 bits per heavy atom. The SMILES string of the molecule is O=C(NCCSCCCO)c1cccc2ncccc12. The van der Waals surface area contributed by atoms with Crippen LogP contribution in [0.1, 0.15) is 16.8 Å². The molecule has 0 fully saturated rings. The van der Waals surface area contributed by atoms with Crippen molar-refractivity contribution < 1.29 is 9.90 Å². The van der Waals surface area contributed by atoms with E-state index in [1.807, 2.05) is 30.3 Å². The van der Waals surface area contributed by atoms with Crippen LogP contribution in [0.25, 0.3) is 10.9 Å². The summed E-state index contributed by atoms with van der Waals surface area (Å²) in [6, 6.07) is 9.31. The van der Waals surface area contributed by atoms with Crippen molar-refractivity contribution in [2.24, 2.45) is 0 Å². The van der Waals surface area contributed by atoms with Gasteiger partial charge in [-0.05, 0) is 30.4 Å². The van der Waals surface area contributed by atoms with Crippen LogP contribution in [0.3, 0.4) is 0 Å². The quantitative estimate of drug-likeness (QED) is 0.766. The van der Waals surface area contributed by atoms with E-state index in [1.165, 1.54) is 0 Å². The Labute approximate surface area is 122 Å². The number of hydrogen-bond donors (Lipinski definition) is 2. The summed E-state index contributed by atoms with van der Waals surface area (Å²) in [6.07, 6.45) is 2.52. The zero-order valence-electron chi connectivity index (χ0n) is 11.2. The van der Waals surface area contributed by atoms with Gasteiger partial charge in [-0.15, -0.1) is 0 Å². The Bertz CT molecular complexity index is 569. The second-order valence-corrected chi connectivity index (χ2v) is 5.55. The molecule has 0 spiro atoms. The van der Waals surface area contributed by atoms with Crippen molar-refractivity contribution in [3.63, 3.8) is 0 Å². The minimum atomic E-state index is -0.0636. The molecule has 0 saturated heterocycles. The number of carbonyl (C=O) groups is 1. The van der Waals surface area contributed by atoms with Crippen molar-refractivity contribution in [1.82, 2.24) is 10.3 Å². The van der Waals surface area contributed by atoms with Crippen LogP contribution >= 0.6 is 11.8 Å². The number of aromatic nitrogens is 1. The number of nitrogens with zero attached hydrogens (tertiary/aromatic N) is 1. The van der Waals surface area contributed by atoms with E-state index in [1.54, 1.807) is 18.0 Å². The number of thioether (sulfide) groups is 1. The first kappa shape index (κ1) is 14.8. The first-order chi connectivity index (χ1) is 9.83. The van der Waals surface area contributed by atoms with E-state index in [9.17, 15) is 4.79 Å².